The molecule has 1 aliphatic rings. The molecule has 2 rings (SSSR count). The zero-order valence-corrected chi connectivity index (χ0v) is 36.8. The number of amides is 7. The summed E-state index contributed by atoms with van der Waals surface area (Å²) in [5.74, 6) is -8.28. The summed E-state index contributed by atoms with van der Waals surface area (Å²) in [6, 6.07) is 0.108. The second-order valence-electron chi connectivity index (χ2n) is 16.2. The fourth-order valence-corrected chi connectivity index (χ4v) is 7.15. The summed E-state index contributed by atoms with van der Waals surface area (Å²) < 4.78 is 0. The number of unbranched alkanes of at least 4 members (excludes halogenated alkanes) is 1. The van der Waals surface area contributed by atoms with Gasteiger partial charge in [-0.3, -0.25) is 38.4 Å². The average molecular weight is 892 g/mol. The monoisotopic (exact) mass is 891 g/mol. The number of rotatable bonds is 27. The van der Waals surface area contributed by atoms with Gasteiger partial charge in [0.2, 0.25) is 41.4 Å². The molecule has 1 heterocycles. The molecule has 0 saturated carbocycles. The smallest absolute Gasteiger partial charge is 0.327 e. The van der Waals surface area contributed by atoms with Crippen LogP contribution in [0.15, 0.2) is 30.3 Å². The highest BCUT2D eigenvalue weighted by molar-refractivity contribution is 7.80. The van der Waals surface area contributed by atoms with Crippen LogP contribution in [0.3, 0.4) is 0 Å². The summed E-state index contributed by atoms with van der Waals surface area (Å²) in [5, 5.41) is 34.2. The van der Waals surface area contributed by atoms with Crippen LogP contribution in [-0.4, -0.2) is 136 Å². The van der Waals surface area contributed by atoms with Crippen molar-refractivity contribution in [1.82, 2.24) is 36.8 Å². The Labute approximate surface area is 367 Å². The number of aliphatic carboxylic acids is 2. The molecule has 20 nitrogen and oxygen atoms in total. The molecule has 0 aliphatic carbocycles. The lowest BCUT2D eigenvalue weighted by Crippen LogP contribution is -2.60. The van der Waals surface area contributed by atoms with Gasteiger partial charge in [-0.25, -0.2) is 4.79 Å². The van der Waals surface area contributed by atoms with Gasteiger partial charge in [0.15, 0.2) is 0 Å². The van der Waals surface area contributed by atoms with Crippen molar-refractivity contribution in [2.75, 3.05) is 25.4 Å². The Hall–Kier alpha value is -5.28. The maximum absolute atomic E-state index is 14.5. The van der Waals surface area contributed by atoms with Gasteiger partial charge in [-0.2, -0.15) is 12.6 Å². The Morgan fingerprint density at radius 2 is 1.24 bits per heavy atom. The number of carboxylic acid groups (broad SMARTS) is 2. The van der Waals surface area contributed by atoms with E-state index in [1.807, 2.05) is 13.8 Å². The molecule has 7 amide bonds. The summed E-state index contributed by atoms with van der Waals surface area (Å²) in [6.45, 7) is 7.16. The third-order valence-corrected chi connectivity index (χ3v) is 10.4. The van der Waals surface area contributed by atoms with Crippen LogP contribution >= 0.6 is 12.6 Å². The number of carboxylic acids is 2. The quantitative estimate of drug-likeness (QED) is 0.0366. The predicted molar refractivity (Wildman–Crippen MR) is 231 cm³/mol. The van der Waals surface area contributed by atoms with Crippen LogP contribution in [0, 0.1) is 11.8 Å². The van der Waals surface area contributed by atoms with Crippen molar-refractivity contribution in [1.29, 1.82) is 0 Å². The number of nitrogens with two attached hydrogens (primary N) is 2. The van der Waals surface area contributed by atoms with Crippen molar-refractivity contribution in [3.63, 3.8) is 0 Å². The van der Waals surface area contributed by atoms with E-state index in [9.17, 15) is 53.4 Å². The number of benzene rings is 1. The van der Waals surface area contributed by atoms with Gasteiger partial charge in [-0.05, 0) is 68.9 Å². The zero-order chi connectivity index (χ0) is 46.5. The minimum atomic E-state index is -1.54. The standard InChI is InChI=1S/C41H65N9O11S/c1-23(2)17-27(46-38(57)29(20-34(52)53)44-33(51)21-43)36(55)45-26(13-8-9-15-42)35(54)48-30(19-25-11-6-5-7-12-25)40(59)50-16-10-14-32(50)39(58)47-28(18-24(3)4)37(56)49-31(22-62)41(60)61/h5-7,11-12,23-24,26-32,62H,8-10,13-22,42-43H2,1-4H3,(H,44,51)(H,45,55)(H,46,57)(H,47,58)(H,48,54)(H,49,56)(H,52,53)(H,60,61)/t26-,27-,28-,29-,30-,31-,32-/m0/s1. The van der Waals surface area contributed by atoms with Gasteiger partial charge in [0.1, 0.15) is 42.3 Å². The number of carbonyl (C=O) groups is 9. The molecular weight excluding hydrogens is 827 g/mol. The number of hydrogen-bond donors (Lipinski definition) is 11. The predicted octanol–water partition coefficient (Wildman–Crippen LogP) is -1.20. The second kappa shape index (κ2) is 26.9. The minimum Gasteiger partial charge on any atom is -0.481 e. The second-order valence-corrected chi connectivity index (χ2v) is 16.5. The van der Waals surface area contributed by atoms with Gasteiger partial charge in [0.25, 0.3) is 0 Å². The van der Waals surface area contributed by atoms with Crippen LogP contribution in [0.4, 0.5) is 0 Å². The van der Waals surface area contributed by atoms with Crippen molar-refractivity contribution in [2.24, 2.45) is 23.3 Å². The van der Waals surface area contributed by atoms with E-state index in [1.54, 1.807) is 44.2 Å². The Kier molecular flexibility index (Phi) is 23.0. The molecule has 0 aromatic heterocycles. The molecule has 0 spiro atoms. The fraction of sp³-hybridized carbons (Fsp3) is 0.634. The van der Waals surface area contributed by atoms with Crippen LogP contribution in [0.2, 0.25) is 0 Å². The van der Waals surface area contributed by atoms with Crippen molar-refractivity contribution >= 4 is 65.9 Å². The molecule has 1 aromatic rings. The van der Waals surface area contributed by atoms with E-state index in [0.29, 0.717) is 24.8 Å². The van der Waals surface area contributed by atoms with E-state index >= 15 is 0 Å². The number of likely N-dealkylation sites (tertiary alicyclic amines) is 1. The largest absolute Gasteiger partial charge is 0.481 e. The third kappa shape index (κ3) is 18.0. The lowest BCUT2D eigenvalue weighted by Gasteiger charge is -2.31. The van der Waals surface area contributed by atoms with E-state index in [1.165, 1.54) is 4.90 Å². The SMILES string of the molecule is CC(C)C[C@H](NC(=O)[C@H](CC(=O)O)NC(=O)CN)C(=O)N[C@@H](CCCCN)C(=O)N[C@@H](Cc1ccccc1)C(=O)N1CCC[C@H]1C(=O)N[C@@H](CC(C)C)C(=O)N[C@@H](CS)C(=O)O. The van der Waals surface area contributed by atoms with E-state index in [-0.39, 0.29) is 62.8 Å². The molecular formula is C41H65N9O11S. The van der Waals surface area contributed by atoms with Crippen LogP contribution in [0.1, 0.15) is 84.6 Å². The van der Waals surface area contributed by atoms with E-state index < -0.39 is 109 Å². The molecule has 0 bridgehead atoms. The highest BCUT2D eigenvalue weighted by Gasteiger charge is 2.40. The molecule has 62 heavy (non-hydrogen) atoms. The van der Waals surface area contributed by atoms with Gasteiger partial charge in [-0.15, -0.1) is 0 Å². The molecule has 1 fully saturated rings. The number of nitrogens with one attached hydrogen (secondary N) is 6. The average Bonchev–Trinajstić information content (AvgIpc) is 3.71. The first-order valence-corrected chi connectivity index (χ1v) is 21.6. The van der Waals surface area contributed by atoms with Crippen molar-refractivity contribution in [3.05, 3.63) is 35.9 Å². The molecule has 0 radical (unpaired) electrons. The number of nitrogens with zero attached hydrogens (tertiary/aromatic N) is 1. The third-order valence-electron chi connectivity index (χ3n) is 10.0. The van der Waals surface area contributed by atoms with Crippen molar-refractivity contribution in [3.8, 4) is 0 Å². The summed E-state index contributed by atoms with van der Waals surface area (Å²) in [6.07, 6.45) is 1.11. The summed E-state index contributed by atoms with van der Waals surface area (Å²) in [4.78, 5) is 119. The van der Waals surface area contributed by atoms with Crippen LogP contribution in [-0.2, 0) is 49.6 Å². The molecule has 21 heteroatoms. The summed E-state index contributed by atoms with van der Waals surface area (Å²) >= 11 is 4.00. The van der Waals surface area contributed by atoms with Gasteiger partial charge in [0.05, 0.1) is 13.0 Å². The van der Waals surface area contributed by atoms with E-state index in [4.69, 9.17) is 11.5 Å². The maximum Gasteiger partial charge on any atom is 0.327 e. The van der Waals surface area contributed by atoms with Crippen molar-refractivity contribution < 1.29 is 53.4 Å². The Balaban J connectivity index is 2.42. The fourth-order valence-electron chi connectivity index (χ4n) is 6.90. The van der Waals surface area contributed by atoms with E-state index in [2.05, 4.69) is 44.5 Å². The van der Waals surface area contributed by atoms with Gasteiger partial charge < -0.3 is 58.5 Å². The van der Waals surface area contributed by atoms with Gasteiger partial charge >= 0.3 is 11.9 Å². The van der Waals surface area contributed by atoms with Crippen LogP contribution in [0.5, 0.6) is 0 Å². The lowest BCUT2D eigenvalue weighted by atomic mass is 10.00. The number of hydrogen-bond acceptors (Lipinski definition) is 12. The molecule has 0 unspecified atom stereocenters. The highest BCUT2D eigenvalue weighted by Crippen LogP contribution is 2.21. The first-order valence-electron chi connectivity index (χ1n) is 20.9. The normalized spacial score (nSPS) is 16.5. The minimum absolute atomic E-state index is 0.00389. The van der Waals surface area contributed by atoms with E-state index in [0.717, 1.165) is 0 Å². The van der Waals surface area contributed by atoms with Crippen LogP contribution in [0.25, 0.3) is 0 Å². The highest BCUT2D eigenvalue weighted by atomic mass is 32.1. The molecule has 12 N–H and O–H groups in total. The zero-order valence-electron chi connectivity index (χ0n) is 35.9. The molecule has 346 valence electrons. The van der Waals surface area contributed by atoms with Crippen molar-refractivity contribution in [2.45, 2.75) is 128 Å². The molecule has 7 atom stereocenters. The topological polar surface area (TPSA) is 322 Å². The Morgan fingerprint density at radius 1 is 0.710 bits per heavy atom. The molecule has 1 aromatic carbocycles. The molecule has 1 saturated heterocycles. The van der Waals surface area contributed by atoms with Gasteiger partial charge in [-0.1, -0.05) is 58.0 Å². The maximum atomic E-state index is 14.5. The first-order chi connectivity index (χ1) is 29.3. The molecule has 1 aliphatic heterocycles. The Morgan fingerprint density at radius 3 is 1.77 bits per heavy atom. The number of carbonyl (C=O) groups excluding carboxylic acids is 7. The first kappa shape index (κ1) is 52.9. The lowest BCUT2D eigenvalue weighted by molar-refractivity contribution is -0.143. The van der Waals surface area contributed by atoms with Crippen LogP contribution < -0.4 is 43.4 Å². The summed E-state index contributed by atoms with van der Waals surface area (Å²) in [7, 11) is 0. The Bertz CT molecular complexity index is 1700. The summed E-state index contributed by atoms with van der Waals surface area (Å²) in [5.41, 5.74) is 11.8. The van der Waals surface area contributed by atoms with Gasteiger partial charge in [0, 0.05) is 18.7 Å². The number of thiol groups is 1.